The van der Waals surface area contributed by atoms with Crippen molar-refractivity contribution in [1.29, 1.82) is 0 Å². The van der Waals surface area contributed by atoms with Crippen molar-refractivity contribution in [2.45, 2.75) is 0 Å². The normalized spacial score (nSPS) is 11.9. The molecule has 0 saturated heterocycles. The molecule has 0 amide bonds. The van der Waals surface area contributed by atoms with Gasteiger partial charge in [-0.3, -0.25) is 0 Å². The van der Waals surface area contributed by atoms with Gasteiger partial charge in [0.2, 0.25) is 0 Å². The lowest BCUT2D eigenvalue weighted by Crippen LogP contribution is -2.10. The monoisotopic (exact) mass is 666 g/mol. The van der Waals surface area contributed by atoms with Crippen molar-refractivity contribution >= 4 is 103 Å². The zero-order chi connectivity index (χ0) is 33.5. The van der Waals surface area contributed by atoms with Crippen molar-refractivity contribution in [3.05, 3.63) is 182 Å². The standard InChI is InChI=1S/C48H30N2S/c1-2-13-37-35(11-1)36-12-3-4-14-38(36)44-29-33(25-27-39(37)44)49(34-26-28-43-42-17-7-10-20-47(42)51-48(43)30-34)31-21-23-32(24-22-31)50-45-18-8-5-15-40(45)41-16-6-9-19-46(41)50/h1-30H. The number of benzene rings is 9. The lowest BCUT2D eigenvalue weighted by atomic mass is 9.94. The molecule has 0 aliphatic carbocycles. The molecule has 0 spiro atoms. The van der Waals surface area contributed by atoms with Crippen molar-refractivity contribution in [3.63, 3.8) is 0 Å². The number of hydrogen-bond donors (Lipinski definition) is 0. The van der Waals surface area contributed by atoms with Gasteiger partial charge >= 0.3 is 0 Å². The summed E-state index contributed by atoms with van der Waals surface area (Å²) in [4.78, 5) is 2.42. The van der Waals surface area contributed by atoms with E-state index in [2.05, 4.69) is 191 Å². The number of fused-ring (bicyclic) bond motifs is 12. The van der Waals surface area contributed by atoms with Crippen LogP contribution in [0.2, 0.25) is 0 Å². The first-order valence-corrected chi connectivity index (χ1v) is 18.3. The Morgan fingerprint density at radius 3 is 1.37 bits per heavy atom. The first-order valence-electron chi connectivity index (χ1n) is 17.4. The second-order valence-electron chi connectivity index (χ2n) is 13.3. The predicted molar refractivity (Wildman–Crippen MR) is 221 cm³/mol. The molecular formula is C48H30N2S. The van der Waals surface area contributed by atoms with Gasteiger partial charge < -0.3 is 9.47 Å². The van der Waals surface area contributed by atoms with Gasteiger partial charge in [-0.1, -0.05) is 115 Å². The third-order valence-corrected chi connectivity index (χ3v) is 11.7. The summed E-state index contributed by atoms with van der Waals surface area (Å²) in [7, 11) is 0. The van der Waals surface area contributed by atoms with Crippen LogP contribution >= 0.6 is 11.3 Å². The number of anilines is 3. The third-order valence-electron chi connectivity index (χ3n) is 10.6. The molecule has 2 aromatic heterocycles. The Hall–Kier alpha value is -6.42. The summed E-state index contributed by atoms with van der Waals surface area (Å²) >= 11 is 1.86. The first-order chi connectivity index (χ1) is 25.3. The maximum Gasteiger partial charge on any atom is 0.0541 e. The molecule has 2 nitrogen and oxygen atoms in total. The smallest absolute Gasteiger partial charge is 0.0541 e. The Morgan fingerprint density at radius 2 is 0.745 bits per heavy atom. The van der Waals surface area contributed by atoms with Crippen LogP contribution < -0.4 is 4.90 Å². The highest BCUT2D eigenvalue weighted by Gasteiger charge is 2.18. The molecule has 0 fully saturated rings. The minimum absolute atomic E-state index is 1.12. The van der Waals surface area contributed by atoms with Gasteiger partial charge in [-0.2, -0.15) is 0 Å². The van der Waals surface area contributed by atoms with Crippen LogP contribution in [0.3, 0.4) is 0 Å². The van der Waals surface area contributed by atoms with E-state index in [1.807, 2.05) is 11.3 Å². The van der Waals surface area contributed by atoms with Crippen molar-refractivity contribution in [1.82, 2.24) is 4.57 Å². The van der Waals surface area contributed by atoms with Crippen LogP contribution in [0, 0.1) is 0 Å². The van der Waals surface area contributed by atoms with E-state index in [1.54, 1.807) is 0 Å². The van der Waals surface area contributed by atoms with Gasteiger partial charge in [0.05, 0.1) is 11.0 Å². The van der Waals surface area contributed by atoms with Crippen molar-refractivity contribution < 1.29 is 0 Å². The van der Waals surface area contributed by atoms with Crippen LogP contribution in [0.25, 0.3) is 80.0 Å². The molecule has 0 aliphatic heterocycles. The van der Waals surface area contributed by atoms with E-state index in [1.165, 1.54) is 74.3 Å². The molecule has 0 bridgehead atoms. The first kappa shape index (κ1) is 28.4. The van der Waals surface area contributed by atoms with Crippen molar-refractivity contribution in [2.75, 3.05) is 4.90 Å². The predicted octanol–water partition coefficient (Wildman–Crippen LogP) is 14.1. The van der Waals surface area contributed by atoms with Crippen LogP contribution in [0.4, 0.5) is 17.1 Å². The molecule has 0 aliphatic rings. The van der Waals surface area contributed by atoms with E-state index in [0.717, 1.165) is 22.7 Å². The Balaban J connectivity index is 1.14. The number of para-hydroxylation sites is 2. The van der Waals surface area contributed by atoms with E-state index in [9.17, 15) is 0 Å². The van der Waals surface area contributed by atoms with Gasteiger partial charge in [-0.15, -0.1) is 11.3 Å². The molecule has 9 aromatic carbocycles. The fourth-order valence-electron chi connectivity index (χ4n) is 8.29. The highest BCUT2D eigenvalue weighted by molar-refractivity contribution is 7.25. The lowest BCUT2D eigenvalue weighted by Gasteiger charge is -2.26. The number of hydrogen-bond acceptors (Lipinski definition) is 2. The van der Waals surface area contributed by atoms with Gasteiger partial charge in [0.1, 0.15) is 0 Å². The molecule has 2 heterocycles. The van der Waals surface area contributed by atoms with Gasteiger partial charge in [-0.25, -0.2) is 0 Å². The van der Waals surface area contributed by atoms with Crippen LogP contribution in [0.5, 0.6) is 0 Å². The van der Waals surface area contributed by atoms with Gasteiger partial charge in [-0.05, 0) is 99.0 Å². The number of aromatic nitrogens is 1. The molecule has 0 radical (unpaired) electrons. The fraction of sp³-hybridized carbons (Fsp3) is 0. The molecule has 0 atom stereocenters. The minimum atomic E-state index is 1.12. The topological polar surface area (TPSA) is 8.17 Å². The van der Waals surface area contributed by atoms with E-state index in [4.69, 9.17) is 0 Å². The van der Waals surface area contributed by atoms with Crippen LogP contribution in [0.1, 0.15) is 0 Å². The number of rotatable bonds is 4. The van der Waals surface area contributed by atoms with E-state index < -0.39 is 0 Å². The Bertz CT molecular complexity index is 3060. The summed E-state index contributed by atoms with van der Waals surface area (Å²) in [5, 5.41) is 12.8. The number of thiophene rings is 1. The summed E-state index contributed by atoms with van der Waals surface area (Å²) < 4.78 is 4.99. The zero-order valence-corrected chi connectivity index (χ0v) is 28.4. The Morgan fingerprint density at radius 1 is 0.314 bits per heavy atom. The Labute approximate surface area is 298 Å². The number of nitrogens with zero attached hydrogens (tertiary/aromatic N) is 2. The zero-order valence-electron chi connectivity index (χ0n) is 27.6. The van der Waals surface area contributed by atoms with Gasteiger partial charge in [0.25, 0.3) is 0 Å². The SMILES string of the molecule is c1ccc2c(c1)sc1cc(N(c3ccc(-n4c5ccccc5c5ccccc54)cc3)c3ccc4c5ccccc5c5ccccc5c4c3)ccc12. The average molecular weight is 667 g/mol. The van der Waals surface area contributed by atoms with Crippen LogP contribution in [0.15, 0.2) is 182 Å². The molecule has 3 heteroatoms. The largest absolute Gasteiger partial charge is 0.310 e. The lowest BCUT2D eigenvalue weighted by molar-refractivity contribution is 1.17. The van der Waals surface area contributed by atoms with Crippen LogP contribution in [-0.4, -0.2) is 4.57 Å². The van der Waals surface area contributed by atoms with Gasteiger partial charge in [0, 0.05) is 53.7 Å². The van der Waals surface area contributed by atoms with Crippen molar-refractivity contribution in [3.8, 4) is 5.69 Å². The second kappa shape index (κ2) is 11.0. The van der Waals surface area contributed by atoms with E-state index in [-0.39, 0.29) is 0 Å². The van der Waals surface area contributed by atoms with E-state index in [0.29, 0.717) is 0 Å². The minimum Gasteiger partial charge on any atom is -0.310 e. The highest BCUT2D eigenvalue weighted by atomic mass is 32.1. The summed E-state index contributed by atoms with van der Waals surface area (Å²) in [6, 6.07) is 66.8. The van der Waals surface area contributed by atoms with E-state index >= 15 is 0 Å². The molecule has 11 rings (SSSR count). The molecule has 0 unspecified atom stereocenters. The molecular weight excluding hydrogens is 637 g/mol. The average Bonchev–Trinajstić information content (AvgIpc) is 3.74. The second-order valence-corrected chi connectivity index (χ2v) is 14.4. The molecule has 11 aromatic rings. The molecule has 238 valence electrons. The van der Waals surface area contributed by atoms with Crippen LogP contribution in [-0.2, 0) is 0 Å². The summed E-state index contributed by atoms with van der Waals surface area (Å²) in [5.74, 6) is 0. The Kier molecular flexibility index (Phi) is 6.16. The van der Waals surface area contributed by atoms with Gasteiger partial charge in [0.15, 0.2) is 0 Å². The quantitative estimate of drug-likeness (QED) is 0.170. The maximum absolute atomic E-state index is 2.42. The highest BCUT2D eigenvalue weighted by Crippen LogP contribution is 2.43. The third kappa shape index (κ3) is 4.29. The molecule has 51 heavy (non-hydrogen) atoms. The van der Waals surface area contributed by atoms with Crippen molar-refractivity contribution in [2.24, 2.45) is 0 Å². The molecule has 0 saturated carbocycles. The fourth-order valence-corrected chi connectivity index (χ4v) is 9.43. The maximum atomic E-state index is 2.42. The summed E-state index contributed by atoms with van der Waals surface area (Å²) in [6.07, 6.45) is 0. The summed E-state index contributed by atoms with van der Waals surface area (Å²) in [6.45, 7) is 0. The summed E-state index contributed by atoms with van der Waals surface area (Å²) in [5.41, 5.74) is 6.96. The molecule has 0 N–H and O–H groups in total.